The van der Waals surface area contributed by atoms with E-state index in [0.29, 0.717) is 0 Å². The number of carboxylic acid groups (broad SMARTS) is 1. The number of carbonyl (C=O) groups excluding carboxylic acids is 1. The molecular weight excluding hydrogens is 126 g/mol. The molecule has 0 bridgehead atoms. The van der Waals surface area contributed by atoms with Crippen LogP contribution in [0.25, 0.3) is 0 Å². The number of rotatable bonds is 1. The average Bonchev–Trinajstić information content (AvgIpc) is 1.35. The Hall–Kier alpha value is 0.500. The molecule has 0 spiro atoms. The predicted molar refractivity (Wildman–Crippen MR) is 20.0 cm³/mol. The predicted octanol–water partition coefficient (Wildman–Crippen LogP) is -3.51. The Morgan fingerprint density at radius 2 is 2.14 bits per heavy atom. The number of halogens is 1. The van der Waals surface area contributed by atoms with Gasteiger partial charge in [0.15, 0.2) is 0 Å². The zero-order valence-electron chi connectivity index (χ0n) is 3.85. The Morgan fingerprint density at radius 1 is 1.71 bits per heavy atom. The third kappa shape index (κ3) is 10.7. The topological polar surface area (TPSA) is 40.1 Å². The molecule has 0 amide bonds. The molecular formula is C3H2ClNaO2. The molecule has 0 aliphatic heterocycles. The van der Waals surface area contributed by atoms with Crippen molar-refractivity contribution >= 4 is 17.6 Å². The number of carbonyl (C=O) groups is 1. The standard InChI is InChI=1S/C3H3ClO2.Na/c4-2-1-3(5)6;/h1-2H,(H,5,6);/q;+1/p-1. The molecule has 0 saturated carbocycles. The van der Waals surface area contributed by atoms with Gasteiger partial charge in [-0.3, -0.25) is 0 Å². The number of hydrogen-bond acceptors (Lipinski definition) is 2. The first-order valence-corrected chi connectivity index (χ1v) is 1.68. The maximum Gasteiger partial charge on any atom is 1.00 e. The molecule has 0 aromatic heterocycles. The van der Waals surface area contributed by atoms with Gasteiger partial charge >= 0.3 is 29.6 Å². The zero-order valence-corrected chi connectivity index (χ0v) is 6.61. The molecule has 7 heavy (non-hydrogen) atoms. The summed E-state index contributed by atoms with van der Waals surface area (Å²) in [5.74, 6) is -1.27. The van der Waals surface area contributed by atoms with Gasteiger partial charge in [0, 0.05) is 5.54 Å². The van der Waals surface area contributed by atoms with Crippen molar-refractivity contribution in [3.05, 3.63) is 11.6 Å². The molecule has 0 heterocycles. The van der Waals surface area contributed by atoms with Crippen molar-refractivity contribution in [3.63, 3.8) is 0 Å². The summed E-state index contributed by atoms with van der Waals surface area (Å²) in [5, 5.41) is 9.32. The Bertz CT molecular complexity index is 81.0. The molecule has 0 aromatic rings. The minimum Gasteiger partial charge on any atom is -0.545 e. The smallest absolute Gasteiger partial charge is 0.545 e. The minimum absolute atomic E-state index is 0. The van der Waals surface area contributed by atoms with Crippen LogP contribution in [-0.4, -0.2) is 5.97 Å². The van der Waals surface area contributed by atoms with E-state index >= 15 is 0 Å². The van der Waals surface area contributed by atoms with E-state index in [1.165, 1.54) is 0 Å². The van der Waals surface area contributed by atoms with Crippen LogP contribution < -0.4 is 34.7 Å². The molecule has 0 aliphatic carbocycles. The van der Waals surface area contributed by atoms with Gasteiger partial charge in [0.1, 0.15) is 0 Å². The molecule has 0 rings (SSSR count). The third-order valence-corrected chi connectivity index (χ3v) is 0.325. The van der Waals surface area contributed by atoms with Crippen molar-refractivity contribution in [1.29, 1.82) is 0 Å². The van der Waals surface area contributed by atoms with Gasteiger partial charge < -0.3 is 9.90 Å². The summed E-state index contributed by atoms with van der Waals surface area (Å²) in [5.41, 5.74) is 0.884. The first kappa shape index (κ1) is 10.5. The van der Waals surface area contributed by atoms with E-state index in [9.17, 15) is 9.90 Å². The van der Waals surface area contributed by atoms with Crippen LogP contribution in [-0.2, 0) is 4.79 Å². The van der Waals surface area contributed by atoms with Crippen molar-refractivity contribution in [2.45, 2.75) is 0 Å². The largest absolute Gasteiger partial charge is 1.00 e. The van der Waals surface area contributed by atoms with Gasteiger partial charge in [0.25, 0.3) is 0 Å². The van der Waals surface area contributed by atoms with Crippen LogP contribution in [0, 0.1) is 0 Å². The molecule has 0 N–H and O–H groups in total. The summed E-state index contributed by atoms with van der Waals surface area (Å²) in [6.07, 6.45) is 0.738. The van der Waals surface area contributed by atoms with Gasteiger partial charge in [-0.1, -0.05) is 11.6 Å². The maximum atomic E-state index is 9.32. The Morgan fingerprint density at radius 3 is 2.14 bits per heavy atom. The van der Waals surface area contributed by atoms with E-state index in [4.69, 9.17) is 11.6 Å². The van der Waals surface area contributed by atoms with E-state index in [1.807, 2.05) is 0 Å². The number of carboxylic acids is 1. The van der Waals surface area contributed by atoms with Gasteiger partial charge in [-0.2, -0.15) is 0 Å². The Labute approximate surface area is 68.5 Å². The van der Waals surface area contributed by atoms with Gasteiger partial charge in [0.2, 0.25) is 0 Å². The summed E-state index contributed by atoms with van der Waals surface area (Å²) in [7, 11) is 0. The Balaban J connectivity index is 0. The van der Waals surface area contributed by atoms with Gasteiger partial charge in [-0.25, -0.2) is 0 Å². The fraction of sp³-hybridized carbons (Fsp3) is 0. The zero-order chi connectivity index (χ0) is 4.99. The second-order valence-corrected chi connectivity index (χ2v) is 0.864. The molecule has 4 heteroatoms. The fourth-order valence-electron chi connectivity index (χ4n) is 0.0514. The van der Waals surface area contributed by atoms with Crippen molar-refractivity contribution in [2.75, 3.05) is 0 Å². The van der Waals surface area contributed by atoms with Crippen LogP contribution in [0.5, 0.6) is 0 Å². The van der Waals surface area contributed by atoms with Crippen LogP contribution in [0.1, 0.15) is 0 Å². The SMILES string of the molecule is O=C([O-])C=CCl.[Na+]. The van der Waals surface area contributed by atoms with E-state index in [-0.39, 0.29) is 29.6 Å². The molecule has 0 atom stereocenters. The van der Waals surface area contributed by atoms with Crippen LogP contribution >= 0.6 is 11.6 Å². The maximum absolute atomic E-state index is 9.32. The fourth-order valence-corrected chi connectivity index (χ4v) is 0.154. The molecule has 0 radical (unpaired) electrons. The quantitative estimate of drug-likeness (QED) is 0.272. The molecule has 0 unspecified atom stereocenters. The minimum atomic E-state index is -1.27. The van der Waals surface area contributed by atoms with E-state index in [0.717, 1.165) is 11.6 Å². The van der Waals surface area contributed by atoms with E-state index in [1.54, 1.807) is 0 Å². The van der Waals surface area contributed by atoms with Crippen molar-refractivity contribution < 1.29 is 39.5 Å². The van der Waals surface area contributed by atoms with Gasteiger partial charge in [-0.05, 0) is 6.08 Å². The van der Waals surface area contributed by atoms with Crippen LogP contribution in [0.4, 0.5) is 0 Å². The summed E-state index contributed by atoms with van der Waals surface area (Å²) < 4.78 is 0. The van der Waals surface area contributed by atoms with Crippen molar-refractivity contribution in [2.24, 2.45) is 0 Å². The molecule has 34 valence electrons. The normalized spacial score (nSPS) is 8.14. The van der Waals surface area contributed by atoms with E-state index < -0.39 is 5.97 Å². The summed E-state index contributed by atoms with van der Waals surface area (Å²) in [6, 6.07) is 0. The number of hydrogen-bond donors (Lipinski definition) is 0. The monoisotopic (exact) mass is 128 g/mol. The Kier molecular flexibility index (Phi) is 9.73. The van der Waals surface area contributed by atoms with Crippen molar-refractivity contribution in [1.82, 2.24) is 0 Å². The molecule has 0 aliphatic rings. The second-order valence-electron chi connectivity index (χ2n) is 0.612. The van der Waals surface area contributed by atoms with E-state index in [2.05, 4.69) is 0 Å². The van der Waals surface area contributed by atoms with Gasteiger partial charge in [0.05, 0.1) is 5.97 Å². The first-order valence-electron chi connectivity index (χ1n) is 1.25. The summed E-state index contributed by atoms with van der Waals surface area (Å²) >= 11 is 4.80. The summed E-state index contributed by atoms with van der Waals surface area (Å²) in [6.45, 7) is 0. The molecule has 0 saturated heterocycles. The first-order chi connectivity index (χ1) is 2.77. The third-order valence-electron chi connectivity index (χ3n) is 0.199. The van der Waals surface area contributed by atoms with Crippen molar-refractivity contribution in [3.8, 4) is 0 Å². The molecule has 0 aromatic carbocycles. The average molecular weight is 128 g/mol. The molecule has 0 fully saturated rings. The molecule has 2 nitrogen and oxygen atoms in total. The van der Waals surface area contributed by atoms with Crippen LogP contribution in [0.3, 0.4) is 0 Å². The second kappa shape index (κ2) is 6.50. The van der Waals surface area contributed by atoms with Crippen LogP contribution in [0.2, 0.25) is 0 Å². The number of aliphatic carboxylic acids is 1. The summed E-state index contributed by atoms with van der Waals surface area (Å²) in [4.78, 5) is 9.32. The van der Waals surface area contributed by atoms with Crippen LogP contribution in [0.15, 0.2) is 11.6 Å². The van der Waals surface area contributed by atoms with Gasteiger partial charge in [-0.15, -0.1) is 0 Å².